The number of hydrogen-bond acceptors (Lipinski definition) is 5. The molecule has 1 atom stereocenters. The molecule has 0 aliphatic heterocycles. The monoisotopic (exact) mass is 327 g/mol. The van der Waals surface area contributed by atoms with Crippen molar-refractivity contribution in [3.05, 3.63) is 35.2 Å². The van der Waals surface area contributed by atoms with E-state index in [0.29, 0.717) is 5.92 Å². The molecule has 0 aliphatic carbocycles. The molecule has 0 aromatic carbocycles. The van der Waals surface area contributed by atoms with Gasteiger partial charge in [0.15, 0.2) is 5.65 Å². The minimum Gasteiger partial charge on any atom is -0.360 e. The number of fused-ring (bicyclic) bond motifs is 1. The van der Waals surface area contributed by atoms with Crippen LogP contribution in [0.1, 0.15) is 49.1 Å². The molecular formula is C17H25N7. The molecule has 0 spiro atoms. The van der Waals surface area contributed by atoms with E-state index in [1.165, 1.54) is 0 Å². The van der Waals surface area contributed by atoms with Gasteiger partial charge in [0, 0.05) is 24.4 Å². The number of nitrogens with zero attached hydrogens (tertiary/aromatic N) is 6. The lowest BCUT2D eigenvalue weighted by molar-refractivity contribution is 0.496. The molecule has 3 heterocycles. The van der Waals surface area contributed by atoms with Crippen LogP contribution in [0.5, 0.6) is 0 Å². The maximum atomic E-state index is 4.64. The van der Waals surface area contributed by atoms with Crippen LogP contribution in [-0.4, -0.2) is 29.4 Å². The van der Waals surface area contributed by atoms with Crippen molar-refractivity contribution in [3.8, 4) is 0 Å². The van der Waals surface area contributed by atoms with E-state index in [-0.39, 0.29) is 6.04 Å². The Labute approximate surface area is 142 Å². The first-order valence-corrected chi connectivity index (χ1v) is 8.30. The molecule has 1 N–H and O–H groups in total. The minimum absolute atomic E-state index is 0.0623. The van der Waals surface area contributed by atoms with Gasteiger partial charge in [-0.3, -0.25) is 4.68 Å². The lowest BCUT2D eigenvalue weighted by atomic mass is 10.0. The third-order valence-electron chi connectivity index (χ3n) is 4.27. The average Bonchev–Trinajstić information content (AvgIpc) is 3.04. The van der Waals surface area contributed by atoms with Gasteiger partial charge in [-0.15, -0.1) is 0 Å². The Bertz CT molecular complexity index is 859. The van der Waals surface area contributed by atoms with Gasteiger partial charge in [0.25, 0.3) is 0 Å². The Balaban J connectivity index is 2.05. The van der Waals surface area contributed by atoms with Gasteiger partial charge in [0.1, 0.15) is 18.0 Å². The molecule has 24 heavy (non-hydrogen) atoms. The van der Waals surface area contributed by atoms with E-state index in [2.05, 4.69) is 46.3 Å². The summed E-state index contributed by atoms with van der Waals surface area (Å²) in [7, 11) is 1.92. The highest BCUT2D eigenvalue weighted by Crippen LogP contribution is 2.26. The van der Waals surface area contributed by atoms with Crippen molar-refractivity contribution in [1.29, 1.82) is 0 Å². The quantitative estimate of drug-likeness (QED) is 0.780. The standard InChI is InChI=1S/C17H25N7/c1-10(2)7-14(17-18-9-19-23(17)6)21-15-8-11(3)20-16-12(4)13(5)22-24(15)16/h8-10,14,21H,7H2,1-6H3/t14-/m0/s1. The normalized spacial score (nSPS) is 13.0. The Hall–Kier alpha value is -2.44. The van der Waals surface area contributed by atoms with Crippen LogP contribution in [0.25, 0.3) is 5.65 Å². The van der Waals surface area contributed by atoms with Crippen LogP contribution in [0.2, 0.25) is 0 Å². The molecule has 3 aromatic heterocycles. The number of aromatic nitrogens is 6. The summed E-state index contributed by atoms with van der Waals surface area (Å²) in [5.41, 5.74) is 3.97. The Morgan fingerprint density at radius 2 is 1.96 bits per heavy atom. The van der Waals surface area contributed by atoms with E-state index < -0.39 is 0 Å². The van der Waals surface area contributed by atoms with Crippen molar-refractivity contribution in [2.45, 2.75) is 47.1 Å². The maximum Gasteiger partial charge on any atom is 0.160 e. The van der Waals surface area contributed by atoms with Crippen molar-refractivity contribution >= 4 is 11.5 Å². The summed E-state index contributed by atoms with van der Waals surface area (Å²) in [5.74, 6) is 2.38. The van der Waals surface area contributed by atoms with Crippen LogP contribution in [0.4, 0.5) is 5.82 Å². The molecule has 0 amide bonds. The second-order valence-corrected chi connectivity index (χ2v) is 6.80. The largest absolute Gasteiger partial charge is 0.360 e. The molecule has 0 aliphatic rings. The van der Waals surface area contributed by atoms with Crippen LogP contribution in [0.15, 0.2) is 12.4 Å². The zero-order valence-corrected chi connectivity index (χ0v) is 15.2. The summed E-state index contributed by atoms with van der Waals surface area (Å²) in [4.78, 5) is 9.07. The zero-order chi connectivity index (χ0) is 17.4. The highest BCUT2D eigenvalue weighted by molar-refractivity contribution is 5.56. The number of anilines is 1. The topological polar surface area (TPSA) is 72.9 Å². The molecule has 3 rings (SSSR count). The van der Waals surface area contributed by atoms with Gasteiger partial charge in [0.2, 0.25) is 0 Å². The van der Waals surface area contributed by atoms with Crippen molar-refractivity contribution < 1.29 is 0 Å². The predicted molar refractivity (Wildman–Crippen MR) is 94.0 cm³/mol. The number of aryl methyl sites for hydroxylation is 4. The summed E-state index contributed by atoms with van der Waals surface area (Å²) < 4.78 is 3.71. The van der Waals surface area contributed by atoms with E-state index in [1.807, 2.05) is 36.2 Å². The summed E-state index contributed by atoms with van der Waals surface area (Å²) in [6, 6.07) is 2.09. The zero-order valence-electron chi connectivity index (χ0n) is 15.2. The van der Waals surface area contributed by atoms with E-state index in [1.54, 1.807) is 6.33 Å². The fraction of sp³-hybridized carbons (Fsp3) is 0.529. The second-order valence-electron chi connectivity index (χ2n) is 6.80. The Kier molecular flexibility index (Phi) is 4.26. The van der Waals surface area contributed by atoms with Crippen LogP contribution in [0.3, 0.4) is 0 Å². The predicted octanol–water partition coefficient (Wildman–Crippen LogP) is 2.98. The molecule has 0 saturated heterocycles. The van der Waals surface area contributed by atoms with Gasteiger partial charge < -0.3 is 5.32 Å². The fourth-order valence-corrected chi connectivity index (χ4v) is 2.95. The highest BCUT2D eigenvalue weighted by Gasteiger charge is 2.20. The first kappa shape index (κ1) is 16.4. The van der Waals surface area contributed by atoms with Gasteiger partial charge in [-0.05, 0) is 33.1 Å². The van der Waals surface area contributed by atoms with Crippen molar-refractivity contribution in [1.82, 2.24) is 29.4 Å². The van der Waals surface area contributed by atoms with E-state index >= 15 is 0 Å². The third kappa shape index (κ3) is 2.98. The molecule has 7 heteroatoms. The van der Waals surface area contributed by atoms with Gasteiger partial charge in [-0.2, -0.15) is 14.7 Å². The summed E-state index contributed by atoms with van der Waals surface area (Å²) in [6.07, 6.45) is 2.55. The molecule has 0 bridgehead atoms. The maximum absolute atomic E-state index is 4.64. The van der Waals surface area contributed by atoms with E-state index in [4.69, 9.17) is 0 Å². The Morgan fingerprint density at radius 3 is 2.58 bits per heavy atom. The first-order valence-electron chi connectivity index (χ1n) is 8.30. The van der Waals surface area contributed by atoms with Crippen molar-refractivity contribution in [3.63, 3.8) is 0 Å². The lowest BCUT2D eigenvalue weighted by Crippen LogP contribution is -2.20. The van der Waals surface area contributed by atoms with Crippen LogP contribution in [0, 0.1) is 26.7 Å². The molecule has 3 aromatic rings. The molecule has 0 unspecified atom stereocenters. The van der Waals surface area contributed by atoms with Gasteiger partial charge in [0.05, 0.1) is 11.7 Å². The second kappa shape index (κ2) is 6.22. The average molecular weight is 327 g/mol. The van der Waals surface area contributed by atoms with Gasteiger partial charge >= 0.3 is 0 Å². The highest BCUT2D eigenvalue weighted by atomic mass is 15.3. The van der Waals surface area contributed by atoms with Crippen LogP contribution >= 0.6 is 0 Å². The SMILES string of the molecule is Cc1cc(N[C@@H](CC(C)C)c2ncnn2C)n2nc(C)c(C)c2n1. The number of nitrogens with one attached hydrogen (secondary N) is 1. The lowest BCUT2D eigenvalue weighted by Gasteiger charge is -2.21. The summed E-state index contributed by atoms with van der Waals surface area (Å²) in [6.45, 7) is 10.5. The van der Waals surface area contributed by atoms with Crippen molar-refractivity contribution in [2.75, 3.05) is 5.32 Å². The smallest absolute Gasteiger partial charge is 0.160 e. The van der Waals surface area contributed by atoms with Crippen molar-refractivity contribution in [2.24, 2.45) is 13.0 Å². The molecule has 7 nitrogen and oxygen atoms in total. The minimum atomic E-state index is 0.0623. The summed E-state index contributed by atoms with van der Waals surface area (Å²) in [5, 5.41) is 12.5. The molecule has 0 fully saturated rings. The third-order valence-corrected chi connectivity index (χ3v) is 4.27. The van der Waals surface area contributed by atoms with Crippen LogP contribution in [-0.2, 0) is 7.05 Å². The molecule has 0 radical (unpaired) electrons. The van der Waals surface area contributed by atoms with Gasteiger partial charge in [-0.25, -0.2) is 9.97 Å². The van der Waals surface area contributed by atoms with Crippen LogP contribution < -0.4 is 5.32 Å². The van der Waals surface area contributed by atoms with E-state index in [0.717, 1.165) is 40.7 Å². The number of rotatable bonds is 5. The van der Waals surface area contributed by atoms with Gasteiger partial charge in [-0.1, -0.05) is 13.8 Å². The fourth-order valence-electron chi connectivity index (χ4n) is 2.95. The molecular weight excluding hydrogens is 302 g/mol. The number of hydrogen-bond donors (Lipinski definition) is 1. The molecule has 128 valence electrons. The Morgan fingerprint density at radius 1 is 1.21 bits per heavy atom. The molecule has 0 saturated carbocycles. The first-order chi connectivity index (χ1) is 11.4. The van der Waals surface area contributed by atoms with E-state index in [9.17, 15) is 0 Å². The summed E-state index contributed by atoms with van der Waals surface area (Å²) >= 11 is 0.